The van der Waals surface area contributed by atoms with Gasteiger partial charge in [-0.25, -0.2) is 0 Å². The van der Waals surface area contributed by atoms with Crippen LogP contribution in [0.2, 0.25) is 10.0 Å². The summed E-state index contributed by atoms with van der Waals surface area (Å²) in [6, 6.07) is 11.5. The van der Waals surface area contributed by atoms with Crippen LogP contribution in [-0.2, 0) is 0 Å². The fourth-order valence-electron chi connectivity index (χ4n) is 2.05. The highest BCUT2D eigenvalue weighted by molar-refractivity contribution is 9.10. The molecule has 0 fully saturated rings. The Morgan fingerprint density at radius 1 is 1.16 bits per heavy atom. The van der Waals surface area contributed by atoms with E-state index in [9.17, 15) is 0 Å². The van der Waals surface area contributed by atoms with E-state index in [-0.39, 0.29) is 6.10 Å². The van der Waals surface area contributed by atoms with Gasteiger partial charge in [-0.05, 0) is 45.8 Å². The topological polar surface area (TPSA) is 21.3 Å². The first-order valence-electron chi connectivity index (χ1n) is 5.79. The van der Waals surface area contributed by atoms with Gasteiger partial charge in [0.25, 0.3) is 0 Å². The number of hydrogen-bond acceptors (Lipinski definition) is 2. The largest absolute Gasteiger partial charge is 0.481 e. The molecule has 0 amide bonds. The Balaban J connectivity index is 1.93. The van der Waals surface area contributed by atoms with Gasteiger partial charge in [0.05, 0.1) is 26.8 Å². The molecule has 5 heteroatoms. The Bertz CT molecular complexity index is 633. The minimum Gasteiger partial charge on any atom is -0.481 e. The summed E-state index contributed by atoms with van der Waals surface area (Å²) in [5.74, 6) is 0.824. The van der Waals surface area contributed by atoms with Crippen molar-refractivity contribution in [1.82, 2.24) is 0 Å². The monoisotopic (exact) mass is 357 g/mol. The molecule has 1 N–H and O–H groups in total. The van der Waals surface area contributed by atoms with Gasteiger partial charge in [0, 0.05) is 0 Å². The van der Waals surface area contributed by atoms with E-state index in [1.807, 2.05) is 30.3 Å². The molecular formula is C14H10BrCl2NO. The molecule has 1 heterocycles. The summed E-state index contributed by atoms with van der Waals surface area (Å²) < 4.78 is 6.97. The molecule has 1 atom stereocenters. The molecule has 0 saturated heterocycles. The fourth-order valence-corrected chi connectivity index (χ4v) is 2.82. The predicted octanol–water partition coefficient (Wildman–Crippen LogP) is 5.30. The number of fused-ring (bicyclic) bond motifs is 1. The number of para-hydroxylation sites is 1. The van der Waals surface area contributed by atoms with Crippen LogP contribution in [0, 0.1) is 0 Å². The van der Waals surface area contributed by atoms with Crippen molar-refractivity contribution >= 4 is 44.8 Å². The molecule has 0 saturated carbocycles. The van der Waals surface area contributed by atoms with Crippen LogP contribution < -0.4 is 10.1 Å². The summed E-state index contributed by atoms with van der Waals surface area (Å²) in [5, 5.41) is 4.45. The average molecular weight is 359 g/mol. The van der Waals surface area contributed by atoms with Crippen molar-refractivity contribution in [1.29, 1.82) is 0 Å². The standard InChI is InChI=1S/C14H10BrCl2NO/c15-9-2-1-3-12-14(9)19-13(7-18-12)8-4-5-10(16)11(17)6-8/h1-6,13,18H,7H2. The van der Waals surface area contributed by atoms with Crippen LogP contribution in [0.3, 0.4) is 0 Å². The minimum absolute atomic E-state index is 0.0824. The normalized spacial score (nSPS) is 17.3. The van der Waals surface area contributed by atoms with Gasteiger partial charge in [0.1, 0.15) is 6.10 Å². The maximum Gasteiger partial charge on any atom is 0.157 e. The Hall–Kier alpha value is -0.900. The maximum absolute atomic E-state index is 6.05. The number of rotatable bonds is 1. The van der Waals surface area contributed by atoms with E-state index in [1.165, 1.54) is 0 Å². The summed E-state index contributed by atoms with van der Waals surface area (Å²) in [7, 11) is 0. The third-order valence-electron chi connectivity index (χ3n) is 3.02. The number of hydrogen-bond donors (Lipinski definition) is 1. The molecule has 0 aliphatic carbocycles. The molecule has 1 aliphatic rings. The smallest absolute Gasteiger partial charge is 0.157 e. The molecule has 2 aromatic carbocycles. The molecule has 0 aromatic heterocycles. The van der Waals surface area contributed by atoms with E-state index in [0.29, 0.717) is 16.6 Å². The zero-order valence-electron chi connectivity index (χ0n) is 9.79. The zero-order valence-corrected chi connectivity index (χ0v) is 12.9. The van der Waals surface area contributed by atoms with Gasteiger partial charge in [-0.1, -0.05) is 35.3 Å². The molecule has 0 radical (unpaired) electrons. The van der Waals surface area contributed by atoms with Gasteiger partial charge in [-0.2, -0.15) is 0 Å². The molecule has 19 heavy (non-hydrogen) atoms. The molecule has 0 spiro atoms. The molecule has 2 aromatic rings. The summed E-state index contributed by atoms with van der Waals surface area (Å²) in [6.45, 7) is 0.696. The highest BCUT2D eigenvalue weighted by Crippen LogP contribution is 2.40. The molecule has 3 rings (SSSR count). The van der Waals surface area contributed by atoms with E-state index in [2.05, 4.69) is 21.2 Å². The molecule has 0 bridgehead atoms. The van der Waals surface area contributed by atoms with E-state index >= 15 is 0 Å². The number of halogens is 3. The van der Waals surface area contributed by atoms with Crippen LogP contribution >= 0.6 is 39.1 Å². The second-order valence-corrected chi connectivity index (χ2v) is 5.95. The summed E-state index contributed by atoms with van der Waals surface area (Å²) in [6.07, 6.45) is -0.0824. The van der Waals surface area contributed by atoms with E-state index < -0.39 is 0 Å². The number of ether oxygens (including phenoxy) is 1. The first-order valence-corrected chi connectivity index (χ1v) is 7.34. The van der Waals surface area contributed by atoms with Gasteiger partial charge >= 0.3 is 0 Å². The third kappa shape index (κ3) is 2.55. The van der Waals surface area contributed by atoms with Crippen LogP contribution in [0.15, 0.2) is 40.9 Å². The summed E-state index contributed by atoms with van der Waals surface area (Å²) >= 11 is 15.5. The average Bonchev–Trinajstić information content (AvgIpc) is 2.42. The van der Waals surface area contributed by atoms with Crippen molar-refractivity contribution in [3.63, 3.8) is 0 Å². The molecule has 1 aliphatic heterocycles. The summed E-state index contributed by atoms with van der Waals surface area (Å²) in [5.41, 5.74) is 1.99. The first-order chi connectivity index (χ1) is 9.15. The quantitative estimate of drug-likeness (QED) is 0.746. The lowest BCUT2D eigenvalue weighted by Crippen LogP contribution is -2.23. The number of benzene rings is 2. The Kier molecular flexibility index (Phi) is 3.61. The van der Waals surface area contributed by atoms with Crippen molar-refractivity contribution in [2.45, 2.75) is 6.10 Å². The van der Waals surface area contributed by atoms with Gasteiger partial charge in [0.2, 0.25) is 0 Å². The second-order valence-electron chi connectivity index (χ2n) is 4.28. The highest BCUT2D eigenvalue weighted by atomic mass is 79.9. The SMILES string of the molecule is Clc1ccc(C2CNc3cccc(Br)c3O2)cc1Cl. The minimum atomic E-state index is -0.0824. The fraction of sp³-hybridized carbons (Fsp3) is 0.143. The van der Waals surface area contributed by atoms with Crippen LogP contribution in [0.25, 0.3) is 0 Å². The van der Waals surface area contributed by atoms with Crippen molar-refractivity contribution < 1.29 is 4.74 Å². The van der Waals surface area contributed by atoms with Crippen LogP contribution in [0.5, 0.6) is 5.75 Å². The van der Waals surface area contributed by atoms with Crippen molar-refractivity contribution in [3.8, 4) is 5.75 Å². The molecular weight excluding hydrogens is 349 g/mol. The lowest BCUT2D eigenvalue weighted by atomic mass is 10.1. The maximum atomic E-state index is 6.05. The Labute approximate surface area is 129 Å². The van der Waals surface area contributed by atoms with Crippen LogP contribution in [0.1, 0.15) is 11.7 Å². The Morgan fingerprint density at radius 3 is 2.79 bits per heavy atom. The van der Waals surface area contributed by atoms with E-state index in [1.54, 1.807) is 6.07 Å². The van der Waals surface area contributed by atoms with Crippen molar-refractivity contribution in [2.24, 2.45) is 0 Å². The van der Waals surface area contributed by atoms with Gasteiger partial charge in [-0.3, -0.25) is 0 Å². The Morgan fingerprint density at radius 2 is 2.00 bits per heavy atom. The van der Waals surface area contributed by atoms with Crippen molar-refractivity contribution in [2.75, 3.05) is 11.9 Å². The summed E-state index contributed by atoms with van der Waals surface area (Å²) in [4.78, 5) is 0. The van der Waals surface area contributed by atoms with Gasteiger partial charge in [-0.15, -0.1) is 0 Å². The van der Waals surface area contributed by atoms with Gasteiger partial charge in [0.15, 0.2) is 5.75 Å². The third-order valence-corrected chi connectivity index (χ3v) is 4.38. The van der Waals surface area contributed by atoms with E-state index in [0.717, 1.165) is 21.5 Å². The van der Waals surface area contributed by atoms with Gasteiger partial charge < -0.3 is 10.1 Å². The molecule has 98 valence electrons. The number of anilines is 1. The second kappa shape index (κ2) is 5.23. The van der Waals surface area contributed by atoms with Crippen molar-refractivity contribution in [3.05, 3.63) is 56.5 Å². The lowest BCUT2D eigenvalue weighted by molar-refractivity contribution is 0.209. The highest BCUT2D eigenvalue weighted by Gasteiger charge is 2.23. The zero-order chi connectivity index (χ0) is 13.4. The number of nitrogens with one attached hydrogen (secondary N) is 1. The first kappa shape index (κ1) is 13.1. The lowest BCUT2D eigenvalue weighted by Gasteiger charge is -2.28. The van der Waals surface area contributed by atoms with Crippen LogP contribution in [-0.4, -0.2) is 6.54 Å². The predicted molar refractivity (Wildman–Crippen MR) is 82.5 cm³/mol. The van der Waals surface area contributed by atoms with E-state index in [4.69, 9.17) is 27.9 Å². The molecule has 1 unspecified atom stereocenters. The molecule has 2 nitrogen and oxygen atoms in total. The van der Waals surface area contributed by atoms with Crippen LogP contribution in [0.4, 0.5) is 5.69 Å².